The summed E-state index contributed by atoms with van der Waals surface area (Å²) >= 11 is 0. The average Bonchev–Trinajstić information content (AvgIpc) is 3.18. The van der Waals surface area contributed by atoms with Gasteiger partial charge in [-0.25, -0.2) is 13.6 Å². The highest BCUT2D eigenvalue weighted by molar-refractivity contribution is 7.89. The lowest BCUT2D eigenvalue weighted by atomic mass is 9.92. The maximum Gasteiger partial charge on any atom is 0.256 e. The topological polar surface area (TPSA) is 102 Å². The van der Waals surface area contributed by atoms with Gasteiger partial charge in [0.05, 0.1) is 10.5 Å². The van der Waals surface area contributed by atoms with E-state index < -0.39 is 10.0 Å². The molecule has 7 heteroatoms. The summed E-state index contributed by atoms with van der Waals surface area (Å²) in [7, 11) is -3.85. The Bertz CT molecular complexity index is 1100. The highest BCUT2D eigenvalue weighted by atomic mass is 32.2. The van der Waals surface area contributed by atoms with Crippen LogP contribution < -0.4 is 10.5 Å². The van der Waals surface area contributed by atoms with Crippen LogP contribution in [0.5, 0.6) is 0 Å². The molecule has 0 saturated carbocycles. The Hall–Kier alpha value is -2.38. The van der Waals surface area contributed by atoms with E-state index in [0.717, 1.165) is 62.9 Å². The van der Waals surface area contributed by atoms with Crippen molar-refractivity contribution in [3.05, 3.63) is 46.4 Å². The molecule has 1 aliphatic heterocycles. The molecule has 4 rings (SSSR count). The number of carbonyl (C=O) groups is 1. The smallest absolute Gasteiger partial charge is 0.256 e. The van der Waals surface area contributed by atoms with E-state index in [2.05, 4.69) is 12.2 Å². The summed E-state index contributed by atoms with van der Waals surface area (Å²) in [5.41, 5.74) is 4.03. The van der Waals surface area contributed by atoms with Crippen LogP contribution in [0.15, 0.2) is 27.5 Å². The number of benzene rings is 1. The molecular weight excluding hydrogens is 388 g/mol. The third-order valence-corrected chi connectivity index (χ3v) is 6.63. The fraction of sp³-hybridized carbons (Fsp3) is 0.409. The Morgan fingerprint density at radius 1 is 1.21 bits per heavy atom. The van der Waals surface area contributed by atoms with E-state index in [0.29, 0.717) is 16.8 Å². The number of fused-ring (bicyclic) bond motifs is 2. The van der Waals surface area contributed by atoms with Crippen molar-refractivity contribution in [2.45, 2.75) is 63.2 Å². The first kappa shape index (κ1) is 19.9. The van der Waals surface area contributed by atoms with E-state index in [-0.39, 0.29) is 10.8 Å². The van der Waals surface area contributed by atoms with Crippen molar-refractivity contribution >= 4 is 33.3 Å². The summed E-state index contributed by atoms with van der Waals surface area (Å²) in [6.45, 7) is 2.18. The molecule has 0 radical (unpaired) electrons. The quantitative estimate of drug-likeness (QED) is 0.550. The van der Waals surface area contributed by atoms with Gasteiger partial charge in [-0.3, -0.25) is 4.79 Å². The van der Waals surface area contributed by atoms with Gasteiger partial charge in [0.25, 0.3) is 5.91 Å². The lowest BCUT2D eigenvalue weighted by molar-refractivity contribution is -0.110. The zero-order chi connectivity index (χ0) is 20.6. The number of rotatable bonds is 6. The SMILES string of the molecule is CCCCCc1c(C=C2C(=O)Nc3ccc(S(N)(=O)=O)cc32)oc2c1CCCC2. The Morgan fingerprint density at radius 3 is 2.76 bits per heavy atom. The first-order valence-corrected chi connectivity index (χ1v) is 11.8. The summed E-state index contributed by atoms with van der Waals surface area (Å²) in [5.74, 6) is 1.50. The van der Waals surface area contributed by atoms with E-state index in [1.54, 1.807) is 12.1 Å². The molecule has 2 aromatic rings. The van der Waals surface area contributed by atoms with Gasteiger partial charge < -0.3 is 9.73 Å². The second kappa shape index (κ2) is 7.80. The number of hydrogen-bond acceptors (Lipinski definition) is 4. The minimum Gasteiger partial charge on any atom is -0.461 e. The Kier molecular flexibility index (Phi) is 5.36. The summed E-state index contributed by atoms with van der Waals surface area (Å²) in [6, 6.07) is 4.43. The molecule has 2 heterocycles. The normalized spacial score (nSPS) is 17.3. The van der Waals surface area contributed by atoms with Gasteiger partial charge in [0.15, 0.2) is 0 Å². The monoisotopic (exact) mass is 414 g/mol. The maximum absolute atomic E-state index is 12.6. The van der Waals surface area contributed by atoms with Gasteiger partial charge >= 0.3 is 0 Å². The minimum atomic E-state index is -3.85. The largest absolute Gasteiger partial charge is 0.461 e. The number of sulfonamides is 1. The highest BCUT2D eigenvalue weighted by Gasteiger charge is 2.28. The predicted molar refractivity (Wildman–Crippen MR) is 113 cm³/mol. The maximum atomic E-state index is 12.6. The number of amides is 1. The number of furan rings is 1. The lowest BCUT2D eigenvalue weighted by Gasteiger charge is -2.10. The van der Waals surface area contributed by atoms with Gasteiger partial charge in [-0.05, 0) is 61.9 Å². The van der Waals surface area contributed by atoms with E-state index >= 15 is 0 Å². The average molecular weight is 415 g/mol. The lowest BCUT2D eigenvalue weighted by Crippen LogP contribution is -2.12. The van der Waals surface area contributed by atoms with Crippen LogP contribution in [0.2, 0.25) is 0 Å². The van der Waals surface area contributed by atoms with Crippen LogP contribution in [-0.4, -0.2) is 14.3 Å². The van der Waals surface area contributed by atoms with Gasteiger partial charge in [0, 0.05) is 23.2 Å². The van der Waals surface area contributed by atoms with Crippen LogP contribution in [0, 0.1) is 0 Å². The van der Waals surface area contributed by atoms with Crippen LogP contribution in [0.4, 0.5) is 5.69 Å². The second-order valence-electron chi connectivity index (χ2n) is 7.78. The zero-order valence-electron chi connectivity index (χ0n) is 16.6. The highest BCUT2D eigenvalue weighted by Crippen LogP contribution is 2.38. The number of anilines is 1. The molecule has 1 aromatic carbocycles. The number of unbranched alkanes of at least 4 members (excludes halogenated alkanes) is 2. The molecule has 0 spiro atoms. The van der Waals surface area contributed by atoms with Crippen molar-refractivity contribution in [1.29, 1.82) is 0 Å². The van der Waals surface area contributed by atoms with Crippen molar-refractivity contribution in [2.24, 2.45) is 5.14 Å². The molecule has 29 heavy (non-hydrogen) atoms. The summed E-state index contributed by atoms with van der Waals surface area (Å²) in [5, 5.41) is 8.07. The van der Waals surface area contributed by atoms with Gasteiger partial charge in [-0.15, -0.1) is 0 Å². The van der Waals surface area contributed by atoms with Crippen molar-refractivity contribution in [1.82, 2.24) is 0 Å². The zero-order valence-corrected chi connectivity index (χ0v) is 17.4. The molecule has 0 fully saturated rings. The molecule has 0 unspecified atom stereocenters. The van der Waals surface area contributed by atoms with Crippen molar-refractivity contribution in [3.8, 4) is 0 Å². The molecule has 1 aliphatic carbocycles. The Morgan fingerprint density at radius 2 is 2.00 bits per heavy atom. The molecule has 1 amide bonds. The minimum absolute atomic E-state index is 0.0134. The standard InChI is InChI=1S/C22H26N2O4S/c1-2-3-4-7-16-15-8-5-6-9-20(15)28-21(16)13-18-17-12-14(29(23,26)27)10-11-19(17)24-22(18)25/h10-13H,2-9H2,1H3,(H,24,25)(H2,23,26,27). The van der Waals surface area contributed by atoms with Crippen LogP contribution in [0.25, 0.3) is 11.6 Å². The molecule has 0 atom stereocenters. The van der Waals surface area contributed by atoms with Gasteiger partial charge in [-0.1, -0.05) is 19.8 Å². The van der Waals surface area contributed by atoms with Crippen molar-refractivity contribution < 1.29 is 17.6 Å². The van der Waals surface area contributed by atoms with E-state index in [9.17, 15) is 13.2 Å². The number of hydrogen-bond donors (Lipinski definition) is 2. The molecule has 154 valence electrons. The third-order valence-electron chi connectivity index (χ3n) is 5.72. The number of nitrogens with two attached hydrogens (primary N) is 1. The van der Waals surface area contributed by atoms with Crippen molar-refractivity contribution in [3.63, 3.8) is 0 Å². The van der Waals surface area contributed by atoms with Crippen LogP contribution in [0.3, 0.4) is 0 Å². The summed E-state index contributed by atoms with van der Waals surface area (Å²) in [6.07, 6.45) is 10.3. The predicted octanol–water partition coefficient (Wildman–Crippen LogP) is 4.03. The fourth-order valence-corrected chi connectivity index (χ4v) is 4.75. The molecular formula is C22H26N2O4S. The van der Waals surface area contributed by atoms with Crippen LogP contribution in [-0.2, 0) is 34.1 Å². The number of carbonyl (C=O) groups excluding carboxylic acids is 1. The molecule has 6 nitrogen and oxygen atoms in total. The molecule has 0 saturated heterocycles. The van der Waals surface area contributed by atoms with Gasteiger partial charge in [0.2, 0.25) is 10.0 Å². The van der Waals surface area contributed by atoms with E-state index in [4.69, 9.17) is 9.56 Å². The molecule has 2 aliphatic rings. The van der Waals surface area contributed by atoms with Gasteiger partial charge in [0.1, 0.15) is 11.5 Å². The molecule has 3 N–H and O–H groups in total. The van der Waals surface area contributed by atoms with Crippen LogP contribution in [0.1, 0.15) is 67.2 Å². The molecule has 0 bridgehead atoms. The number of aryl methyl sites for hydroxylation is 1. The Labute approximate surface area is 171 Å². The molecule has 1 aromatic heterocycles. The summed E-state index contributed by atoms with van der Waals surface area (Å²) < 4.78 is 29.7. The van der Waals surface area contributed by atoms with Crippen LogP contribution >= 0.6 is 0 Å². The Balaban J connectivity index is 1.79. The number of primary sulfonamides is 1. The van der Waals surface area contributed by atoms with E-state index in [1.165, 1.54) is 23.3 Å². The first-order valence-electron chi connectivity index (χ1n) is 10.2. The first-order chi connectivity index (χ1) is 13.9. The number of nitrogens with one attached hydrogen (secondary N) is 1. The third kappa shape index (κ3) is 3.89. The van der Waals surface area contributed by atoms with Crippen molar-refractivity contribution in [2.75, 3.05) is 5.32 Å². The second-order valence-corrected chi connectivity index (χ2v) is 9.34. The summed E-state index contributed by atoms with van der Waals surface area (Å²) in [4.78, 5) is 12.6. The fourth-order valence-electron chi connectivity index (χ4n) is 4.21. The van der Waals surface area contributed by atoms with Gasteiger partial charge in [-0.2, -0.15) is 0 Å². The van der Waals surface area contributed by atoms with E-state index in [1.807, 2.05) is 0 Å².